The normalized spacial score (nSPS) is 20.5. The number of carbonyl (C=O) groups is 6. The maximum atomic E-state index is 14.2. The zero-order valence-electron chi connectivity index (χ0n) is 22.2. The van der Waals surface area contributed by atoms with Gasteiger partial charge < -0.3 is 33.7 Å². The Bertz CT molecular complexity index is 1110. The van der Waals surface area contributed by atoms with Gasteiger partial charge in [0, 0.05) is 33.8 Å². The summed E-state index contributed by atoms with van der Waals surface area (Å²) >= 11 is 0. The standard InChI is InChI=1S/C22H24F7NO12/c1-8(31)38-7-14(40-10(3)33)16(41-11(4)34)17-15(12(39-9(2)32)6-13(42-17)18(35)37-5)30-19(36)20(23,24)21(25,26)22(27,28)29/h6,12,14-17H,7H2,1-5H3,(H,30,36)/t12-,14-,15-,16-,17-/m1/s1. The van der Waals surface area contributed by atoms with E-state index >= 15 is 0 Å². The smallest absolute Gasteiger partial charge is 0.460 e. The lowest BCUT2D eigenvalue weighted by atomic mass is 9.92. The number of ether oxygens (including phenoxy) is 6. The predicted molar refractivity (Wildman–Crippen MR) is 116 cm³/mol. The summed E-state index contributed by atoms with van der Waals surface area (Å²) in [6.07, 6.45) is -15.2. The molecule has 1 heterocycles. The maximum absolute atomic E-state index is 14.2. The number of rotatable bonds is 11. The summed E-state index contributed by atoms with van der Waals surface area (Å²) in [5, 5.41) is 1.14. The summed E-state index contributed by atoms with van der Waals surface area (Å²) in [6, 6.07) is -2.47. The molecule has 0 radical (unpaired) electrons. The minimum absolute atomic E-state index is 0.506. The fourth-order valence-electron chi connectivity index (χ4n) is 3.37. The third-order valence-corrected chi connectivity index (χ3v) is 5.07. The van der Waals surface area contributed by atoms with Crippen LogP contribution in [0.5, 0.6) is 0 Å². The molecule has 0 spiro atoms. The highest BCUT2D eigenvalue weighted by atomic mass is 19.4. The first-order valence-corrected chi connectivity index (χ1v) is 11.3. The van der Waals surface area contributed by atoms with Gasteiger partial charge in [-0.2, -0.15) is 30.7 Å². The second-order valence-electron chi connectivity index (χ2n) is 8.35. The van der Waals surface area contributed by atoms with Crippen molar-refractivity contribution in [3.05, 3.63) is 11.8 Å². The minimum Gasteiger partial charge on any atom is -0.477 e. The molecule has 5 atom stereocenters. The highest BCUT2D eigenvalue weighted by Gasteiger charge is 2.76. The van der Waals surface area contributed by atoms with Gasteiger partial charge in [-0.15, -0.1) is 0 Å². The molecule has 1 aliphatic rings. The van der Waals surface area contributed by atoms with Gasteiger partial charge >= 0.3 is 47.9 Å². The van der Waals surface area contributed by atoms with Crippen LogP contribution in [0.15, 0.2) is 11.8 Å². The van der Waals surface area contributed by atoms with Crippen molar-refractivity contribution in [2.75, 3.05) is 13.7 Å². The van der Waals surface area contributed by atoms with Crippen molar-refractivity contribution in [3.8, 4) is 0 Å². The van der Waals surface area contributed by atoms with E-state index in [1.807, 2.05) is 0 Å². The van der Waals surface area contributed by atoms with Crippen LogP contribution in [0, 0.1) is 0 Å². The summed E-state index contributed by atoms with van der Waals surface area (Å²) in [4.78, 5) is 71.3. The molecule has 42 heavy (non-hydrogen) atoms. The fraction of sp³-hybridized carbons (Fsp3) is 0.636. The Balaban J connectivity index is 3.87. The first kappa shape index (κ1) is 35.9. The van der Waals surface area contributed by atoms with E-state index in [0.29, 0.717) is 13.0 Å². The molecule has 1 amide bonds. The van der Waals surface area contributed by atoms with Gasteiger partial charge in [0.05, 0.1) is 7.11 Å². The number of carbonyl (C=O) groups excluding carboxylic acids is 6. The number of methoxy groups -OCH3 is 1. The van der Waals surface area contributed by atoms with Crippen molar-refractivity contribution in [1.82, 2.24) is 5.32 Å². The number of nitrogens with one attached hydrogen (secondary N) is 1. The molecule has 0 aliphatic carbocycles. The van der Waals surface area contributed by atoms with E-state index in [1.165, 1.54) is 0 Å². The van der Waals surface area contributed by atoms with Crippen LogP contribution < -0.4 is 5.32 Å². The molecular formula is C22H24F7NO12. The molecule has 13 nitrogen and oxygen atoms in total. The zero-order valence-corrected chi connectivity index (χ0v) is 22.2. The summed E-state index contributed by atoms with van der Waals surface area (Å²) in [5.41, 5.74) is 0. The molecule has 1 rings (SSSR count). The topological polar surface area (TPSA) is 170 Å². The van der Waals surface area contributed by atoms with Crippen LogP contribution in [0.4, 0.5) is 30.7 Å². The van der Waals surface area contributed by atoms with Crippen molar-refractivity contribution in [2.24, 2.45) is 0 Å². The Morgan fingerprint density at radius 1 is 0.881 bits per heavy atom. The molecule has 0 bridgehead atoms. The third-order valence-electron chi connectivity index (χ3n) is 5.07. The Morgan fingerprint density at radius 3 is 1.86 bits per heavy atom. The molecular weight excluding hydrogens is 603 g/mol. The molecule has 1 aliphatic heterocycles. The molecule has 0 fully saturated rings. The largest absolute Gasteiger partial charge is 0.477 e. The van der Waals surface area contributed by atoms with E-state index in [9.17, 15) is 59.5 Å². The number of hydrogen-bond acceptors (Lipinski definition) is 12. The maximum Gasteiger partial charge on any atom is 0.460 e. The SMILES string of the molecule is COC(=O)C1=C[C@@H](OC(C)=O)[C@@H](NC(=O)C(F)(F)C(F)(F)C(F)(F)F)[C@H]([C@H](OC(C)=O)[C@@H](COC(C)=O)OC(C)=O)O1. The Hall–Kier alpha value is -4.13. The predicted octanol–water partition coefficient (Wildman–Crippen LogP) is 1.12. The minimum atomic E-state index is -6.93. The molecule has 0 aromatic heterocycles. The molecule has 20 heteroatoms. The van der Waals surface area contributed by atoms with Crippen LogP contribution in [-0.2, 0) is 57.2 Å². The van der Waals surface area contributed by atoms with Crippen LogP contribution in [0.3, 0.4) is 0 Å². The Kier molecular flexibility index (Phi) is 11.7. The Morgan fingerprint density at radius 2 is 1.43 bits per heavy atom. The van der Waals surface area contributed by atoms with Crippen LogP contribution in [0.1, 0.15) is 27.7 Å². The molecule has 0 saturated carbocycles. The second kappa shape index (κ2) is 13.7. The second-order valence-corrected chi connectivity index (χ2v) is 8.35. The van der Waals surface area contributed by atoms with Crippen LogP contribution in [-0.4, -0.2) is 97.9 Å². The van der Waals surface area contributed by atoms with E-state index in [4.69, 9.17) is 23.7 Å². The van der Waals surface area contributed by atoms with Crippen molar-refractivity contribution < 1.29 is 87.9 Å². The van der Waals surface area contributed by atoms with Gasteiger partial charge in [-0.3, -0.25) is 24.0 Å². The molecule has 0 unspecified atom stereocenters. The summed E-state index contributed by atoms with van der Waals surface area (Å²) in [5.74, 6) is -23.7. The number of amides is 1. The van der Waals surface area contributed by atoms with E-state index in [-0.39, 0.29) is 0 Å². The van der Waals surface area contributed by atoms with Crippen molar-refractivity contribution in [1.29, 1.82) is 0 Å². The summed E-state index contributed by atoms with van der Waals surface area (Å²) in [6.45, 7) is 2.15. The van der Waals surface area contributed by atoms with Crippen molar-refractivity contribution in [3.63, 3.8) is 0 Å². The quantitative estimate of drug-likeness (QED) is 0.197. The van der Waals surface area contributed by atoms with Gasteiger partial charge in [-0.05, 0) is 0 Å². The average Bonchev–Trinajstić information content (AvgIpc) is 2.83. The van der Waals surface area contributed by atoms with Crippen LogP contribution >= 0.6 is 0 Å². The van der Waals surface area contributed by atoms with E-state index in [2.05, 4.69) is 4.74 Å². The van der Waals surface area contributed by atoms with E-state index < -0.39 is 96.6 Å². The number of esters is 5. The monoisotopic (exact) mass is 627 g/mol. The van der Waals surface area contributed by atoms with Gasteiger partial charge in [0.25, 0.3) is 5.91 Å². The highest BCUT2D eigenvalue weighted by Crippen LogP contribution is 2.46. The van der Waals surface area contributed by atoms with Crippen molar-refractivity contribution >= 4 is 35.8 Å². The van der Waals surface area contributed by atoms with E-state index in [0.717, 1.165) is 33.2 Å². The lowest BCUT2D eigenvalue weighted by Gasteiger charge is -2.41. The lowest BCUT2D eigenvalue weighted by molar-refractivity contribution is -0.344. The van der Waals surface area contributed by atoms with Gasteiger partial charge in [-0.1, -0.05) is 0 Å². The van der Waals surface area contributed by atoms with Crippen molar-refractivity contribution in [2.45, 2.75) is 76.2 Å². The first-order valence-electron chi connectivity index (χ1n) is 11.3. The summed E-state index contributed by atoms with van der Waals surface area (Å²) < 4.78 is 123. The van der Waals surface area contributed by atoms with Gasteiger partial charge in [-0.25, -0.2) is 4.79 Å². The fourth-order valence-corrected chi connectivity index (χ4v) is 3.37. The first-order chi connectivity index (χ1) is 19.1. The van der Waals surface area contributed by atoms with E-state index in [1.54, 1.807) is 0 Å². The molecule has 0 aromatic rings. The van der Waals surface area contributed by atoms with Crippen LogP contribution in [0.2, 0.25) is 0 Å². The average molecular weight is 627 g/mol. The highest BCUT2D eigenvalue weighted by molar-refractivity contribution is 5.87. The number of alkyl halides is 7. The molecule has 0 saturated heterocycles. The van der Waals surface area contributed by atoms with Crippen LogP contribution in [0.25, 0.3) is 0 Å². The number of halogens is 7. The number of hydrogen-bond donors (Lipinski definition) is 1. The molecule has 0 aromatic carbocycles. The molecule has 238 valence electrons. The Labute approximate surface area is 231 Å². The van der Waals surface area contributed by atoms with Gasteiger partial charge in [0.2, 0.25) is 5.76 Å². The zero-order chi connectivity index (χ0) is 32.8. The van der Waals surface area contributed by atoms with Gasteiger partial charge in [0.15, 0.2) is 18.3 Å². The summed E-state index contributed by atoms with van der Waals surface area (Å²) in [7, 11) is 0.807. The van der Waals surface area contributed by atoms with Gasteiger partial charge in [0.1, 0.15) is 18.8 Å². The molecule has 1 N–H and O–H groups in total. The third kappa shape index (κ3) is 8.68. The lowest BCUT2D eigenvalue weighted by Crippen LogP contribution is -2.66.